The summed E-state index contributed by atoms with van der Waals surface area (Å²) in [6.45, 7) is 3.94. The first kappa shape index (κ1) is 11.2. The third-order valence-electron chi connectivity index (χ3n) is 2.01. The predicted octanol–water partition coefficient (Wildman–Crippen LogP) is 1.86. The third kappa shape index (κ3) is 2.32. The summed E-state index contributed by atoms with van der Waals surface area (Å²) < 4.78 is 4.56. The molecule has 1 aromatic heterocycles. The van der Waals surface area contributed by atoms with Crippen LogP contribution in [-0.2, 0) is 4.74 Å². The molecule has 1 aromatic rings. The van der Waals surface area contributed by atoms with Gasteiger partial charge in [0.05, 0.1) is 12.7 Å². The summed E-state index contributed by atoms with van der Waals surface area (Å²) in [5.74, 6) is -0.366. The SMILES string of the molecule is COC(=O)c1nc(C(C)C)ccc1C#N. The van der Waals surface area contributed by atoms with E-state index in [0.29, 0.717) is 0 Å². The van der Waals surface area contributed by atoms with Gasteiger partial charge in [0.25, 0.3) is 0 Å². The molecule has 0 unspecified atom stereocenters. The number of esters is 1. The lowest BCUT2D eigenvalue weighted by atomic mass is 10.1. The van der Waals surface area contributed by atoms with Crippen molar-refractivity contribution in [1.29, 1.82) is 5.26 Å². The van der Waals surface area contributed by atoms with E-state index >= 15 is 0 Å². The lowest BCUT2D eigenvalue weighted by molar-refractivity contribution is 0.0593. The number of ether oxygens (including phenoxy) is 1. The number of aromatic nitrogens is 1. The van der Waals surface area contributed by atoms with Crippen LogP contribution in [0.2, 0.25) is 0 Å². The molecule has 4 nitrogen and oxygen atoms in total. The van der Waals surface area contributed by atoms with Gasteiger partial charge in [0, 0.05) is 5.69 Å². The van der Waals surface area contributed by atoms with Crippen LogP contribution in [0.5, 0.6) is 0 Å². The zero-order chi connectivity index (χ0) is 11.4. The van der Waals surface area contributed by atoms with Gasteiger partial charge in [-0.25, -0.2) is 9.78 Å². The van der Waals surface area contributed by atoms with Gasteiger partial charge in [-0.05, 0) is 18.1 Å². The first-order valence-corrected chi connectivity index (χ1v) is 4.59. The number of nitrogens with zero attached hydrogens (tertiary/aromatic N) is 2. The molecule has 0 fully saturated rings. The molecule has 0 aliphatic carbocycles. The Hall–Kier alpha value is -1.89. The number of hydrogen-bond acceptors (Lipinski definition) is 4. The summed E-state index contributed by atoms with van der Waals surface area (Å²) in [5.41, 5.74) is 1.10. The van der Waals surface area contributed by atoms with Crippen molar-refractivity contribution in [2.75, 3.05) is 7.11 Å². The molecule has 0 atom stereocenters. The zero-order valence-corrected chi connectivity index (χ0v) is 8.94. The van der Waals surface area contributed by atoms with E-state index in [1.807, 2.05) is 19.9 Å². The van der Waals surface area contributed by atoms with Crippen molar-refractivity contribution in [2.45, 2.75) is 19.8 Å². The molecule has 0 aliphatic rings. The first-order valence-electron chi connectivity index (χ1n) is 4.59. The standard InChI is InChI=1S/C11H12N2O2/c1-7(2)9-5-4-8(6-12)10(13-9)11(14)15-3/h4-5,7H,1-3H3. The van der Waals surface area contributed by atoms with E-state index in [1.165, 1.54) is 7.11 Å². The molecule has 1 heterocycles. The van der Waals surface area contributed by atoms with Crippen molar-refractivity contribution >= 4 is 5.97 Å². The Bertz CT molecular complexity index is 419. The van der Waals surface area contributed by atoms with E-state index in [-0.39, 0.29) is 17.2 Å². The number of carbonyl (C=O) groups is 1. The highest BCUT2D eigenvalue weighted by Gasteiger charge is 2.15. The van der Waals surface area contributed by atoms with Gasteiger partial charge in [-0.15, -0.1) is 0 Å². The topological polar surface area (TPSA) is 63.0 Å². The number of rotatable bonds is 2. The fraction of sp³-hybridized carbons (Fsp3) is 0.364. The van der Waals surface area contributed by atoms with Crippen LogP contribution < -0.4 is 0 Å². The summed E-state index contributed by atoms with van der Waals surface area (Å²) in [5, 5.41) is 8.79. The number of carbonyl (C=O) groups excluding carboxylic acids is 1. The molecular weight excluding hydrogens is 192 g/mol. The van der Waals surface area contributed by atoms with Crippen molar-refractivity contribution in [3.05, 3.63) is 29.1 Å². The van der Waals surface area contributed by atoms with Gasteiger partial charge in [0.2, 0.25) is 0 Å². The summed E-state index contributed by atoms with van der Waals surface area (Å²) in [7, 11) is 1.27. The zero-order valence-electron chi connectivity index (χ0n) is 8.94. The average molecular weight is 204 g/mol. The van der Waals surface area contributed by atoms with Crippen molar-refractivity contribution in [2.24, 2.45) is 0 Å². The van der Waals surface area contributed by atoms with Crippen LogP contribution >= 0.6 is 0 Å². The average Bonchev–Trinajstić information content (AvgIpc) is 2.27. The molecule has 0 aromatic carbocycles. The first-order chi connectivity index (χ1) is 7.10. The molecule has 0 saturated heterocycles. The Morgan fingerprint density at radius 2 is 2.20 bits per heavy atom. The van der Waals surface area contributed by atoms with Gasteiger partial charge in [-0.2, -0.15) is 5.26 Å². The minimum atomic E-state index is -0.575. The highest BCUT2D eigenvalue weighted by Crippen LogP contribution is 2.15. The van der Waals surface area contributed by atoms with E-state index in [4.69, 9.17) is 5.26 Å². The van der Waals surface area contributed by atoms with Gasteiger partial charge < -0.3 is 4.74 Å². The monoisotopic (exact) mass is 204 g/mol. The molecule has 0 amide bonds. The van der Waals surface area contributed by atoms with E-state index < -0.39 is 5.97 Å². The lowest BCUT2D eigenvalue weighted by Gasteiger charge is -2.07. The number of methoxy groups -OCH3 is 1. The van der Waals surface area contributed by atoms with Crippen molar-refractivity contribution in [3.63, 3.8) is 0 Å². The smallest absolute Gasteiger partial charge is 0.358 e. The second-order valence-electron chi connectivity index (χ2n) is 3.39. The van der Waals surface area contributed by atoms with E-state index in [0.717, 1.165) is 5.69 Å². The maximum atomic E-state index is 11.3. The minimum absolute atomic E-state index is 0.0891. The Kier molecular flexibility index (Phi) is 3.40. The van der Waals surface area contributed by atoms with Crippen molar-refractivity contribution in [1.82, 2.24) is 4.98 Å². The van der Waals surface area contributed by atoms with Crippen molar-refractivity contribution < 1.29 is 9.53 Å². The normalized spacial score (nSPS) is 9.80. The lowest BCUT2D eigenvalue weighted by Crippen LogP contribution is -2.09. The Balaban J connectivity index is 3.27. The number of hydrogen-bond donors (Lipinski definition) is 0. The Labute approximate surface area is 88.5 Å². The van der Waals surface area contributed by atoms with Crippen LogP contribution in [0.15, 0.2) is 12.1 Å². The second kappa shape index (κ2) is 4.56. The highest BCUT2D eigenvalue weighted by atomic mass is 16.5. The van der Waals surface area contributed by atoms with Crippen LogP contribution in [0.4, 0.5) is 0 Å². The molecule has 4 heteroatoms. The second-order valence-corrected chi connectivity index (χ2v) is 3.39. The molecule has 0 aliphatic heterocycles. The maximum absolute atomic E-state index is 11.3. The van der Waals surface area contributed by atoms with Gasteiger partial charge in [-0.1, -0.05) is 13.8 Å². The molecule has 0 radical (unpaired) electrons. The molecule has 0 bridgehead atoms. The minimum Gasteiger partial charge on any atom is -0.464 e. The summed E-state index contributed by atoms with van der Waals surface area (Å²) in [6, 6.07) is 5.25. The van der Waals surface area contributed by atoms with Gasteiger partial charge >= 0.3 is 5.97 Å². The molecule has 15 heavy (non-hydrogen) atoms. The van der Waals surface area contributed by atoms with Crippen LogP contribution in [0, 0.1) is 11.3 Å². The van der Waals surface area contributed by atoms with Crippen LogP contribution in [0.3, 0.4) is 0 Å². The predicted molar refractivity (Wildman–Crippen MR) is 54.4 cm³/mol. The Morgan fingerprint density at radius 1 is 1.53 bits per heavy atom. The van der Waals surface area contributed by atoms with Crippen molar-refractivity contribution in [3.8, 4) is 6.07 Å². The Morgan fingerprint density at radius 3 is 2.67 bits per heavy atom. The number of nitriles is 1. The molecule has 0 spiro atoms. The van der Waals surface area contributed by atoms with Gasteiger partial charge in [0.15, 0.2) is 5.69 Å². The summed E-state index contributed by atoms with van der Waals surface area (Å²) >= 11 is 0. The van der Waals surface area contributed by atoms with Crippen LogP contribution in [0.25, 0.3) is 0 Å². The molecule has 1 rings (SSSR count). The van der Waals surface area contributed by atoms with Gasteiger partial charge in [0.1, 0.15) is 6.07 Å². The fourth-order valence-corrected chi connectivity index (χ4v) is 1.14. The molecule has 0 N–H and O–H groups in total. The molecular formula is C11H12N2O2. The fourth-order valence-electron chi connectivity index (χ4n) is 1.14. The summed E-state index contributed by atoms with van der Waals surface area (Å²) in [6.07, 6.45) is 0. The quantitative estimate of drug-likeness (QED) is 0.690. The largest absolute Gasteiger partial charge is 0.464 e. The summed E-state index contributed by atoms with van der Waals surface area (Å²) in [4.78, 5) is 15.4. The van der Waals surface area contributed by atoms with E-state index in [2.05, 4.69) is 9.72 Å². The molecule has 78 valence electrons. The highest BCUT2D eigenvalue weighted by molar-refractivity contribution is 5.89. The van der Waals surface area contributed by atoms with E-state index in [1.54, 1.807) is 12.1 Å². The maximum Gasteiger partial charge on any atom is 0.358 e. The van der Waals surface area contributed by atoms with Crippen LogP contribution in [-0.4, -0.2) is 18.1 Å². The van der Waals surface area contributed by atoms with E-state index in [9.17, 15) is 4.79 Å². The van der Waals surface area contributed by atoms with Gasteiger partial charge in [-0.3, -0.25) is 0 Å². The van der Waals surface area contributed by atoms with Crippen LogP contribution in [0.1, 0.15) is 41.5 Å². The number of pyridine rings is 1. The molecule has 0 saturated carbocycles. The third-order valence-corrected chi connectivity index (χ3v) is 2.01.